The predicted molar refractivity (Wildman–Crippen MR) is 156 cm³/mol. The topological polar surface area (TPSA) is 77.6 Å². The molecule has 0 bridgehead atoms. The first-order valence-electron chi connectivity index (χ1n) is 14.1. The van der Waals surface area contributed by atoms with Crippen molar-refractivity contribution < 1.29 is 9.59 Å². The van der Waals surface area contributed by atoms with E-state index in [1.807, 2.05) is 64.1 Å². The van der Waals surface area contributed by atoms with Gasteiger partial charge < -0.3 is 10.6 Å². The van der Waals surface area contributed by atoms with E-state index in [2.05, 4.69) is 26.5 Å². The largest absolute Gasteiger partial charge is 0.324 e. The molecule has 2 fully saturated rings. The van der Waals surface area contributed by atoms with Gasteiger partial charge in [-0.2, -0.15) is 0 Å². The molecule has 2 saturated heterocycles. The standard InChI is InChI=1S/C31H41N5O2/c1-30(2,35-15-7-5-8-16-35)28(37)32-24-13-11-22-19-23-12-14-25(21-27(23)34-26(22)20-24)33-29(38)31(3,4)36-17-9-6-10-18-36/h11-14,19-21H,5-10,15-18H2,1-4H3,(H,32,37)(H,33,38). The number of pyridine rings is 1. The summed E-state index contributed by atoms with van der Waals surface area (Å²) in [7, 11) is 0. The second kappa shape index (κ2) is 10.6. The van der Waals surface area contributed by atoms with Crippen LogP contribution in [0.3, 0.4) is 0 Å². The minimum atomic E-state index is -0.568. The van der Waals surface area contributed by atoms with Crippen LogP contribution in [-0.4, -0.2) is 63.9 Å². The highest BCUT2D eigenvalue weighted by Crippen LogP contribution is 2.28. The minimum Gasteiger partial charge on any atom is -0.324 e. The number of aromatic nitrogens is 1. The van der Waals surface area contributed by atoms with Crippen molar-refractivity contribution in [1.82, 2.24) is 14.8 Å². The van der Waals surface area contributed by atoms with Gasteiger partial charge in [0.15, 0.2) is 0 Å². The minimum absolute atomic E-state index is 0.000794. The predicted octanol–water partition coefficient (Wildman–Crippen LogP) is 5.79. The molecule has 2 amide bonds. The van der Waals surface area contributed by atoms with Crippen LogP contribution in [0.15, 0.2) is 42.5 Å². The summed E-state index contributed by atoms with van der Waals surface area (Å²) in [5.41, 5.74) is 1.97. The van der Waals surface area contributed by atoms with Gasteiger partial charge >= 0.3 is 0 Å². The molecule has 2 aromatic carbocycles. The van der Waals surface area contributed by atoms with Gasteiger partial charge in [0.1, 0.15) is 0 Å². The molecule has 7 nitrogen and oxygen atoms in total. The third kappa shape index (κ3) is 5.40. The summed E-state index contributed by atoms with van der Waals surface area (Å²) >= 11 is 0. The lowest BCUT2D eigenvalue weighted by Crippen LogP contribution is -2.54. The van der Waals surface area contributed by atoms with E-state index in [1.54, 1.807) is 0 Å². The molecule has 0 saturated carbocycles. The Kier molecular flexibility index (Phi) is 7.43. The molecule has 0 spiro atoms. The van der Waals surface area contributed by atoms with Gasteiger partial charge in [-0.25, -0.2) is 4.98 Å². The molecule has 0 atom stereocenters. The van der Waals surface area contributed by atoms with E-state index in [1.165, 1.54) is 12.8 Å². The molecule has 38 heavy (non-hydrogen) atoms. The maximum absolute atomic E-state index is 13.2. The zero-order valence-corrected chi connectivity index (χ0v) is 23.3. The van der Waals surface area contributed by atoms with Crippen LogP contribution in [0.5, 0.6) is 0 Å². The van der Waals surface area contributed by atoms with Crippen molar-refractivity contribution >= 4 is 45.0 Å². The first kappa shape index (κ1) is 26.6. The van der Waals surface area contributed by atoms with Crippen molar-refractivity contribution in [2.24, 2.45) is 0 Å². The van der Waals surface area contributed by atoms with E-state index in [0.717, 1.165) is 85.0 Å². The molecule has 202 valence electrons. The Bertz CT molecular complexity index is 1240. The number of likely N-dealkylation sites (tertiary alicyclic amines) is 2. The summed E-state index contributed by atoms with van der Waals surface area (Å²) < 4.78 is 0. The van der Waals surface area contributed by atoms with E-state index in [4.69, 9.17) is 4.98 Å². The third-order valence-electron chi connectivity index (χ3n) is 8.53. The Balaban J connectivity index is 1.34. The van der Waals surface area contributed by atoms with Crippen molar-refractivity contribution in [3.63, 3.8) is 0 Å². The van der Waals surface area contributed by atoms with Gasteiger partial charge in [0.05, 0.1) is 22.1 Å². The molecule has 3 heterocycles. The van der Waals surface area contributed by atoms with Crippen LogP contribution in [-0.2, 0) is 9.59 Å². The van der Waals surface area contributed by atoms with E-state index in [9.17, 15) is 9.59 Å². The molecule has 7 heteroatoms. The molecule has 2 aliphatic heterocycles. The molecular formula is C31H41N5O2. The fourth-order valence-electron chi connectivity index (χ4n) is 5.74. The summed E-state index contributed by atoms with van der Waals surface area (Å²) in [4.78, 5) is 35.9. The van der Waals surface area contributed by atoms with Gasteiger partial charge in [0.2, 0.25) is 11.8 Å². The zero-order valence-electron chi connectivity index (χ0n) is 23.3. The van der Waals surface area contributed by atoms with Crippen molar-refractivity contribution in [3.05, 3.63) is 42.5 Å². The van der Waals surface area contributed by atoms with E-state index >= 15 is 0 Å². The van der Waals surface area contributed by atoms with Gasteiger partial charge in [-0.3, -0.25) is 19.4 Å². The van der Waals surface area contributed by atoms with Gasteiger partial charge in [-0.15, -0.1) is 0 Å². The van der Waals surface area contributed by atoms with Crippen molar-refractivity contribution in [2.45, 2.75) is 77.3 Å². The smallest absolute Gasteiger partial charge is 0.244 e. The lowest BCUT2D eigenvalue weighted by Gasteiger charge is -2.39. The molecule has 2 N–H and O–H groups in total. The van der Waals surface area contributed by atoms with Gasteiger partial charge in [-0.1, -0.05) is 25.0 Å². The number of rotatable bonds is 6. The fraction of sp³-hybridized carbons (Fsp3) is 0.516. The van der Waals surface area contributed by atoms with Crippen LogP contribution < -0.4 is 10.6 Å². The first-order chi connectivity index (χ1) is 18.1. The summed E-state index contributed by atoms with van der Waals surface area (Å²) in [5, 5.41) is 8.26. The summed E-state index contributed by atoms with van der Waals surface area (Å²) in [6, 6.07) is 13.9. The SMILES string of the molecule is CC(C)(C(=O)Nc1ccc2cc3ccc(NC(=O)C(C)(C)N4CCCCC4)cc3nc2c1)N1CCCCC1. The summed E-state index contributed by atoms with van der Waals surface area (Å²) in [6.45, 7) is 11.8. The molecule has 3 aromatic rings. The highest BCUT2D eigenvalue weighted by molar-refractivity contribution is 6.02. The highest BCUT2D eigenvalue weighted by Gasteiger charge is 2.36. The van der Waals surface area contributed by atoms with Crippen molar-refractivity contribution in [1.29, 1.82) is 0 Å². The quantitative estimate of drug-likeness (QED) is 0.406. The first-order valence-corrected chi connectivity index (χ1v) is 14.1. The number of carbonyl (C=O) groups excluding carboxylic acids is 2. The number of nitrogens with one attached hydrogen (secondary N) is 2. The number of benzene rings is 2. The number of piperidine rings is 2. The Labute approximate surface area is 226 Å². The number of anilines is 2. The fourth-order valence-corrected chi connectivity index (χ4v) is 5.74. The summed E-state index contributed by atoms with van der Waals surface area (Å²) in [6.07, 6.45) is 7.04. The number of hydrogen-bond donors (Lipinski definition) is 2. The average molecular weight is 516 g/mol. The molecule has 1 aromatic heterocycles. The zero-order chi connectivity index (χ0) is 26.9. The highest BCUT2D eigenvalue weighted by atomic mass is 16.2. The maximum Gasteiger partial charge on any atom is 0.244 e. The van der Waals surface area contributed by atoms with Crippen LogP contribution in [0.4, 0.5) is 11.4 Å². The molecule has 0 aliphatic carbocycles. The van der Waals surface area contributed by atoms with Crippen molar-refractivity contribution in [2.75, 3.05) is 36.8 Å². The van der Waals surface area contributed by atoms with Crippen molar-refractivity contribution in [3.8, 4) is 0 Å². The lowest BCUT2D eigenvalue weighted by atomic mass is 9.97. The number of amides is 2. The Hall–Kier alpha value is -3.03. The second-order valence-electron chi connectivity index (χ2n) is 11.9. The van der Waals surface area contributed by atoms with Crippen LogP contribution in [0.1, 0.15) is 66.2 Å². The second-order valence-corrected chi connectivity index (χ2v) is 11.9. The van der Waals surface area contributed by atoms with Crippen LogP contribution in [0, 0.1) is 0 Å². The molecular weight excluding hydrogens is 474 g/mol. The molecule has 5 rings (SSSR count). The number of fused-ring (bicyclic) bond motifs is 2. The summed E-state index contributed by atoms with van der Waals surface area (Å²) in [5.74, 6) is 0.00159. The van der Waals surface area contributed by atoms with Gasteiger partial charge in [-0.05, 0) is 110 Å². The average Bonchev–Trinajstić information content (AvgIpc) is 2.92. The van der Waals surface area contributed by atoms with Crippen LogP contribution >= 0.6 is 0 Å². The van der Waals surface area contributed by atoms with Crippen LogP contribution in [0.25, 0.3) is 21.8 Å². The van der Waals surface area contributed by atoms with E-state index in [0.29, 0.717) is 0 Å². The molecule has 2 aliphatic rings. The van der Waals surface area contributed by atoms with Gasteiger partial charge in [0.25, 0.3) is 0 Å². The normalized spacial score (nSPS) is 18.0. The van der Waals surface area contributed by atoms with Crippen LogP contribution in [0.2, 0.25) is 0 Å². The van der Waals surface area contributed by atoms with E-state index in [-0.39, 0.29) is 11.8 Å². The van der Waals surface area contributed by atoms with E-state index < -0.39 is 11.1 Å². The number of carbonyl (C=O) groups is 2. The Morgan fingerprint density at radius 2 is 1.03 bits per heavy atom. The lowest BCUT2D eigenvalue weighted by molar-refractivity contribution is -0.127. The molecule has 0 radical (unpaired) electrons. The maximum atomic E-state index is 13.2. The number of hydrogen-bond acceptors (Lipinski definition) is 5. The monoisotopic (exact) mass is 515 g/mol. The third-order valence-corrected chi connectivity index (χ3v) is 8.53. The van der Waals surface area contributed by atoms with Gasteiger partial charge in [0, 0.05) is 22.1 Å². The Morgan fingerprint density at radius 1 is 0.632 bits per heavy atom. The molecule has 0 unspecified atom stereocenters. The number of nitrogens with zero attached hydrogens (tertiary/aromatic N) is 3. The Morgan fingerprint density at radius 3 is 1.42 bits per heavy atom.